The van der Waals surface area contributed by atoms with Gasteiger partial charge in [0, 0.05) is 38.0 Å². The number of halogens is 1. The molecule has 0 unspecified atom stereocenters. The summed E-state index contributed by atoms with van der Waals surface area (Å²) in [6.07, 6.45) is 3.61. The molecule has 3 N–H and O–H groups in total. The normalized spacial score (nSPS) is 11.7. The van der Waals surface area contributed by atoms with Crippen molar-refractivity contribution in [2.24, 2.45) is 17.9 Å². The molecule has 0 aliphatic rings. The molecule has 2 rings (SSSR count). The number of rotatable bonds is 4. The van der Waals surface area contributed by atoms with Crippen LogP contribution in [-0.2, 0) is 13.6 Å². The lowest BCUT2D eigenvalue weighted by Gasteiger charge is -2.19. The summed E-state index contributed by atoms with van der Waals surface area (Å²) in [5.41, 5.74) is 7.18. The third-order valence-corrected chi connectivity index (χ3v) is 2.94. The Kier molecular flexibility index (Phi) is 3.88. The number of anilines is 1. The second kappa shape index (κ2) is 5.60. The van der Waals surface area contributed by atoms with E-state index in [-0.39, 0.29) is 5.84 Å². The molecule has 0 aliphatic carbocycles. The zero-order chi connectivity index (χ0) is 14.7. The van der Waals surface area contributed by atoms with Crippen LogP contribution in [0.15, 0.2) is 35.7 Å². The fourth-order valence-electron chi connectivity index (χ4n) is 1.95. The zero-order valence-corrected chi connectivity index (χ0v) is 11.3. The van der Waals surface area contributed by atoms with Gasteiger partial charge < -0.3 is 15.8 Å². The lowest BCUT2D eigenvalue weighted by molar-refractivity contribution is 0.318. The summed E-state index contributed by atoms with van der Waals surface area (Å²) < 4.78 is 15.7. The summed E-state index contributed by atoms with van der Waals surface area (Å²) in [5.74, 6) is -0.550. The van der Waals surface area contributed by atoms with E-state index < -0.39 is 5.82 Å². The highest BCUT2D eigenvalue weighted by Gasteiger charge is 2.11. The maximum Gasteiger partial charge on any atom is 0.170 e. The highest BCUT2D eigenvalue weighted by molar-refractivity contribution is 5.97. The van der Waals surface area contributed by atoms with Crippen molar-refractivity contribution in [2.75, 3.05) is 11.9 Å². The lowest BCUT2D eigenvalue weighted by atomic mass is 10.1. The molecule has 0 bridgehead atoms. The van der Waals surface area contributed by atoms with Crippen molar-refractivity contribution in [1.29, 1.82) is 0 Å². The van der Waals surface area contributed by atoms with Crippen molar-refractivity contribution in [3.05, 3.63) is 47.5 Å². The highest BCUT2D eigenvalue weighted by atomic mass is 19.1. The quantitative estimate of drug-likeness (QED) is 0.382. The molecule has 0 aliphatic heterocycles. The minimum absolute atomic E-state index is 0.120. The third-order valence-electron chi connectivity index (χ3n) is 2.94. The van der Waals surface area contributed by atoms with Crippen molar-refractivity contribution in [1.82, 2.24) is 9.78 Å². The fraction of sp³-hybridized carbons (Fsp3) is 0.231. The number of aromatic nitrogens is 2. The average Bonchev–Trinajstić information content (AvgIpc) is 2.82. The molecule has 1 aromatic heterocycles. The molecule has 106 valence electrons. The fourth-order valence-corrected chi connectivity index (χ4v) is 1.95. The number of hydrogen-bond acceptors (Lipinski definition) is 4. The molecule has 0 fully saturated rings. The van der Waals surface area contributed by atoms with Gasteiger partial charge in [0.05, 0.1) is 11.9 Å². The van der Waals surface area contributed by atoms with E-state index in [0.717, 1.165) is 5.56 Å². The first-order valence-electron chi connectivity index (χ1n) is 5.97. The number of aryl methyl sites for hydroxylation is 1. The van der Waals surface area contributed by atoms with Crippen LogP contribution >= 0.6 is 0 Å². The summed E-state index contributed by atoms with van der Waals surface area (Å²) in [4.78, 5) is 1.77. The topological polar surface area (TPSA) is 79.7 Å². The van der Waals surface area contributed by atoms with Gasteiger partial charge in [0.2, 0.25) is 0 Å². The van der Waals surface area contributed by atoms with Crippen molar-refractivity contribution < 1.29 is 9.60 Å². The second-order valence-corrected chi connectivity index (χ2v) is 4.53. The standard InChI is InChI=1S/C13H16FN5O/c1-18(7-9-6-16-19(2)8-9)12-4-3-10(5-11(12)14)13(15)17-20/h3-6,8,20H,7H2,1-2H3,(H2,15,17). The Bertz CT molecular complexity index is 637. The number of nitrogens with two attached hydrogens (primary N) is 1. The molecule has 1 heterocycles. The molecular weight excluding hydrogens is 261 g/mol. The minimum Gasteiger partial charge on any atom is -0.409 e. The highest BCUT2D eigenvalue weighted by Crippen LogP contribution is 2.21. The molecule has 0 saturated heterocycles. The predicted octanol–water partition coefficient (Wildman–Crippen LogP) is 1.29. The van der Waals surface area contributed by atoms with Gasteiger partial charge in [0.1, 0.15) is 5.82 Å². The maximum atomic E-state index is 14.1. The Balaban J connectivity index is 2.20. The number of benzene rings is 1. The second-order valence-electron chi connectivity index (χ2n) is 4.53. The van der Waals surface area contributed by atoms with E-state index in [1.54, 1.807) is 35.0 Å². The van der Waals surface area contributed by atoms with Gasteiger partial charge >= 0.3 is 0 Å². The largest absolute Gasteiger partial charge is 0.409 e. The zero-order valence-electron chi connectivity index (χ0n) is 11.3. The van der Waals surface area contributed by atoms with Crippen molar-refractivity contribution in [3.63, 3.8) is 0 Å². The van der Waals surface area contributed by atoms with E-state index in [4.69, 9.17) is 10.9 Å². The predicted molar refractivity (Wildman–Crippen MR) is 74.2 cm³/mol. The number of oxime groups is 1. The van der Waals surface area contributed by atoms with Crippen LogP contribution in [0, 0.1) is 5.82 Å². The summed E-state index contributed by atoms with van der Waals surface area (Å²) in [6, 6.07) is 4.44. The molecule has 6 nitrogen and oxygen atoms in total. The molecule has 0 spiro atoms. The van der Waals surface area contributed by atoms with Crippen molar-refractivity contribution in [2.45, 2.75) is 6.54 Å². The molecule has 7 heteroatoms. The lowest BCUT2D eigenvalue weighted by Crippen LogP contribution is -2.19. The molecule has 0 radical (unpaired) electrons. The summed E-state index contributed by atoms with van der Waals surface area (Å²) >= 11 is 0. The molecule has 1 aromatic carbocycles. The Labute approximate surface area is 115 Å². The van der Waals surface area contributed by atoms with Gasteiger partial charge in [-0.3, -0.25) is 4.68 Å². The monoisotopic (exact) mass is 277 g/mol. The van der Waals surface area contributed by atoms with Gasteiger partial charge in [0.25, 0.3) is 0 Å². The molecular formula is C13H16FN5O. The van der Waals surface area contributed by atoms with Crippen LogP contribution < -0.4 is 10.6 Å². The first-order chi connectivity index (χ1) is 9.51. The van der Waals surface area contributed by atoms with Crippen LogP contribution in [0.3, 0.4) is 0 Å². The first kappa shape index (κ1) is 13.9. The Morgan fingerprint density at radius 1 is 1.55 bits per heavy atom. The van der Waals surface area contributed by atoms with Gasteiger partial charge in [-0.05, 0) is 18.2 Å². The van der Waals surface area contributed by atoms with E-state index >= 15 is 0 Å². The van der Waals surface area contributed by atoms with E-state index in [9.17, 15) is 4.39 Å². The van der Waals surface area contributed by atoms with Crippen LogP contribution in [-0.4, -0.2) is 27.9 Å². The van der Waals surface area contributed by atoms with E-state index in [2.05, 4.69) is 10.3 Å². The van der Waals surface area contributed by atoms with Gasteiger partial charge in [0.15, 0.2) is 5.84 Å². The van der Waals surface area contributed by atoms with E-state index in [1.807, 2.05) is 13.2 Å². The smallest absolute Gasteiger partial charge is 0.170 e. The number of amidine groups is 1. The van der Waals surface area contributed by atoms with E-state index in [0.29, 0.717) is 17.8 Å². The number of hydrogen-bond donors (Lipinski definition) is 2. The van der Waals surface area contributed by atoms with Gasteiger partial charge in [-0.2, -0.15) is 5.10 Å². The molecule has 0 saturated carbocycles. The summed E-state index contributed by atoms with van der Waals surface area (Å²) in [5, 5.41) is 15.5. The van der Waals surface area contributed by atoms with Crippen LogP contribution in [0.1, 0.15) is 11.1 Å². The molecule has 0 atom stereocenters. The van der Waals surface area contributed by atoms with E-state index in [1.165, 1.54) is 6.07 Å². The molecule has 2 aromatic rings. The average molecular weight is 277 g/mol. The molecule has 0 amide bonds. The maximum absolute atomic E-state index is 14.1. The number of nitrogens with zero attached hydrogens (tertiary/aromatic N) is 4. The Hall–Kier alpha value is -2.57. The Morgan fingerprint density at radius 2 is 2.30 bits per heavy atom. The minimum atomic E-state index is -0.430. The van der Waals surface area contributed by atoms with Gasteiger partial charge in [-0.1, -0.05) is 5.16 Å². The molecule has 20 heavy (non-hydrogen) atoms. The van der Waals surface area contributed by atoms with Crippen LogP contribution in [0.25, 0.3) is 0 Å². The Morgan fingerprint density at radius 3 is 2.85 bits per heavy atom. The SMILES string of the molecule is CN(Cc1cnn(C)c1)c1ccc(C(N)=NO)cc1F. The summed E-state index contributed by atoms with van der Waals surface area (Å²) in [6.45, 7) is 0.535. The first-order valence-corrected chi connectivity index (χ1v) is 5.97. The van der Waals surface area contributed by atoms with Gasteiger partial charge in [-0.25, -0.2) is 4.39 Å². The van der Waals surface area contributed by atoms with Crippen molar-refractivity contribution >= 4 is 11.5 Å². The third kappa shape index (κ3) is 2.87. The van der Waals surface area contributed by atoms with Gasteiger partial charge in [-0.15, -0.1) is 0 Å². The van der Waals surface area contributed by atoms with Crippen LogP contribution in [0.5, 0.6) is 0 Å². The van der Waals surface area contributed by atoms with Crippen LogP contribution in [0.2, 0.25) is 0 Å². The summed E-state index contributed by atoms with van der Waals surface area (Å²) in [7, 11) is 3.62. The van der Waals surface area contributed by atoms with Crippen molar-refractivity contribution in [3.8, 4) is 0 Å². The van der Waals surface area contributed by atoms with Crippen LogP contribution in [0.4, 0.5) is 10.1 Å².